The van der Waals surface area contributed by atoms with Crippen LogP contribution in [0.2, 0.25) is 0 Å². The molecule has 0 unspecified atom stereocenters. The Balaban J connectivity index is 1.70. The Bertz CT molecular complexity index is 731. The van der Waals surface area contributed by atoms with Crippen molar-refractivity contribution >= 4 is 11.8 Å². The molecule has 3 rings (SSSR count). The number of aromatic nitrogens is 1. The van der Waals surface area contributed by atoms with Crippen molar-refractivity contribution < 1.29 is 14.0 Å². The number of pyridine rings is 1. The van der Waals surface area contributed by atoms with Crippen LogP contribution in [-0.4, -0.2) is 41.3 Å². The first-order valence-electron chi connectivity index (χ1n) is 7.38. The van der Waals surface area contributed by atoms with E-state index in [1.54, 1.807) is 30.3 Å². The average Bonchev–Trinajstić information content (AvgIpc) is 2.57. The fourth-order valence-corrected chi connectivity index (χ4v) is 2.49. The first kappa shape index (κ1) is 15.1. The molecule has 0 bridgehead atoms. The Labute approximate surface area is 133 Å². The average molecular weight is 313 g/mol. The second kappa shape index (κ2) is 6.56. The molecule has 1 fully saturated rings. The summed E-state index contributed by atoms with van der Waals surface area (Å²) in [5.41, 5.74) is 1.67. The number of nitrogens with zero attached hydrogens (tertiary/aromatic N) is 2. The van der Waals surface area contributed by atoms with Crippen LogP contribution in [0.15, 0.2) is 42.6 Å². The zero-order valence-corrected chi connectivity index (χ0v) is 12.5. The molecule has 2 heterocycles. The lowest BCUT2D eigenvalue weighted by Crippen LogP contribution is -2.49. The van der Waals surface area contributed by atoms with E-state index in [0.29, 0.717) is 36.3 Å². The van der Waals surface area contributed by atoms with E-state index in [2.05, 4.69) is 10.3 Å². The summed E-state index contributed by atoms with van der Waals surface area (Å²) in [6.07, 6.45) is 1.85. The fourth-order valence-electron chi connectivity index (χ4n) is 2.49. The van der Waals surface area contributed by atoms with Crippen molar-refractivity contribution in [1.82, 2.24) is 15.2 Å². The molecule has 23 heavy (non-hydrogen) atoms. The SMILES string of the molecule is O=C1CN(C(=O)c2ccc(Cc3ccccc3F)nc2)CCN1. The summed E-state index contributed by atoms with van der Waals surface area (Å²) in [6, 6.07) is 9.92. The molecular formula is C17H16FN3O2. The molecule has 0 radical (unpaired) electrons. The number of piperazine rings is 1. The van der Waals surface area contributed by atoms with Crippen LogP contribution >= 0.6 is 0 Å². The van der Waals surface area contributed by atoms with Crippen molar-refractivity contribution in [3.05, 3.63) is 65.2 Å². The van der Waals surface area contributed by atoms with Crippen molar-refractivity contribution in [2.24, 2.45) is 0 Å². The van der Waals surface area contributed by atoms with E-state index in [0.717, 1.165) is 0 Å². The third-order valence-electron chi connectivity index (χ3n) is 3.73. The highest BCUT2D eigenvalue weighted by Gasteiger charge is 2.22. The molecule has 1 aliphatic rings. The van der Waals surface area contributed by atoms with Crippen LogP contribution in [0.5, 0.6) is 0 Å². The van der Waals surface area contributed by atoms with Gasteiger partial charge in [-0.25, -0.2) is 4.39 Å². The third-order valence-corrected chi connectivity index (χ3v) is 3.73. The predicted molar refractivity (Wildman–Crippen MR) is 82.4 cm³/mol. The number of carbonyl (C=O) groups excluding carboxylic acids is 2. The van der Waals surface area contributed by atoms with Gasteiger partial charge in [-0.15, -0.1) is 0 Å². The fraction of sp³-hybridized carbons (Fsp3) is 0.235. The lowest BCUT2D eigenvalue weighted by molar-refractivity contribution is -0.123. The van der Waals surface area contributed by atoms with E-state index in [1.807, 2.05) is 0 Å². The summed E-state index contributed by atoms with van der Waals surface area (Å²) in [5, 5.41) is 2.68. The van der Waals surface area contributed by atoms with Crippen LogP contribution in [0.1, 0.15) is 21.6 Å². The number of carbonyl (C=O) groups is 2. The maximum atomic E-state index is 13.6. The molecule has 5 nitrogen and oxygen atoms in total. The Morgan fingerprint density at radius 2 is 2.09 bits per heavy atom. The first-order chi connectivity index (χ1) is 11.1. The minimum atomic E-state index is -0.270. The monoisotopic (exact) mass is 313 g/mol. The summed E-state index contributed by atoms with van der Waals surface area (Å²) in [6.45, 7) is 1.01. The van der Waals surface area contributed by atoms with E-state index < -0.39 is 0 Å². The predicted octanol–water partition coefficient (Wildman–Crippen LogP) is 1.38. The molecule has 1 N–H and O–H groups in total. The molecular weight excluding hydrogens is 297 g/mol. The molecule has 6 heteroatoms. The third kappa shape index (κ3) is 3.53. The minimum absolute atomic E-state index is 0.0653. The highest BCUT2D eigenvalue weighted by Crippen LogP contribution is 2.13. The zero-order chi connectivity index (χ0) is 16.2. The van der Waals surface area contributed by atoms with Gasteiger partial charge in [0.15, 0.2) is 0 Å². The summed E-state index contributed by atoms with van der Waals surface area (Å²) in [4.78, 5) is 29.4. The number of amides is 2. The van der Waals surface area contributed by atoms with Gasteiger partial charge in [0, 0.05) is 31.4 Å². The number of benzene rings is 1. The lowest BCUT2D eigenvalue weighted by atomic mass is 10.1. The van der Waals surface area contributed by atoms with Crippen molar-refractivity contribution in [3.8, 4) is 0 Å². The topological polar surface area (TPSA) is 62.3 Å². The van der Waals surface area contributed by atoms with Gasteiger partial charge in [-0.3, -0.25) is 14.6 Å². The molecule has 2 aromatic rings. The highest BCUT2D eigenvalue weighted by atomic mass is 19.1. The van der Waals surface area contributed by atoms with Crippen LogP contribution in [0, 0.1) is 5.82 Å². The molecule has 1 aliphatic heterocycles. The first-order valence-corrected chi connectivity index (χ1v) is 7.38. The van der Waals surface area contributed by atoms with E-state index in [4.69, 9.17) is 0 Å². The molecule has 1 aromatic heterocycles. The molecule has 0 saturated carbocycles. The van der Waals surface area contributed by atoms with Gasteiger partial charge < -0.3 is 10.2 Å². The van der Waals surface area contributed by atoms with Crippen LogP contribution in [0.25, 0.3) is 0 Å². The molecule has 1 aromatic carbocycles. The smallest absolute Gasteiger partial charge is 0.255 e. The van der Waals surface area contributed by atoms with Gasteiger partial charge in [0.25, 0.3) is 5.91 Å². The van der Waals surface area contributed by atoms with Crippen LogP contribution in [0.4, 0.5) is 4.39 Å². The van der Waals surface area contributed by atoms with Crippen molar-refractivity contribution in [2.45, 2.75) is 6.42 Å². The van der Waals surface area contributed by atoms with Gasteiger partial charge in [0.1, 0.15) is 5.82 Å². The Morgan fingerprint density at radius 1 is 1.26 bits per heavy atom. The number of rotatable bonds is 3. The quantitative estimate of drug-likeness (QED) is 0.931. The molecule has 0 spiro atoms. The summed E-state index contributed by atoms with van der Waals surface area (Å²) in [5.74, 6) is -0.646. The van der Waals surface area contributed by atoms with Gasteiger partial charge in [-0.2, -0.15) is 0 Å². The number of nitrogens with one attached hydrogen (secondary N) is 1. The zero-order valence-electron chi connectivity index (χ0n) is 12.5. The van der Waals surface area contributed by atoms with Gasteiger partial charge in [0.05, 0.1) is 12.1 Å². The molecule has 118 valence electrons. The van der Waals surface area contributed by atoms with Crippen molar-refractivity contribution in [3.63, 3.8) is 0 Å². The van der Waals surface area contributed by atoms with Gasteiger partial charge in [-0.05, 0) is 23.8 Å². The number of hydrogen-bond donors (Lipinski definition) is 1. The number of halogens is 1. The normalized spacial score (nSPS) is 14.5. The van der Waals surface area contributed by atoms with Crippen LogP contribution in [-0.2, 0) is 11.2 Å². The largest absolute Gasteiger partial charge is 0.353 e. The Hall–Kier alpha value is -2.76. The molecule has 2 amide bonds. The van der Waals surface area contributed by atoms with Gasteiger partial charge in [0.2, 0.25) is 5.91 Å². The van der Waals surface area contributed by atoms with Crippen LogP contribution < -0.4 is 5.32 Å². The maximum Gasteiger partial charge on any atom is 0.255 e. The molecule has 1 saturated heterocycles. The van der Waals surface area contributed by atoms with Gasteiger partial charge in [-0.1, -0.05) is 18.2 Å². The maximum absolute atomic E-state index is 13.6. The minimum Gasteiger partial charge on any atom is -0.353 e. The second-order valence-corrected chi connectivity index (χ2v) is 5.38. The van der Waals surface area contributed by atoms with E-state index in [9.17, 15) is 14.0 Å². The Kier molecular flexibility index (Phi) is 4.32. The summed E-state index contributed by atoms with van der Waals surface area (Å²) < 4.78 is 13.6. The number of hydrogen-bond acceptors (Lipinski definition) is 3. The summed E-state index contributed by atoms with van der Waals surface area (Å²) in [7, 11) is 0. The Morgan fingerprint density at radius 3 is 2.78 bits per heavy atom. The van der Waals surface area contributed by atoms with Crippen molar-refractivity contribution in [2.75, 3.05) is 19.6 Å². The molecule has 0 atom stereocenters. The molecule has 0 aliphatic carbocycles. The second-order valence-electron chi connectivity index (χ2n) is 5.38. The standard InChI is InChI=1S/C17H16FN3O2/c18-15-4-2-1-3-12(15)9-14-6-5-13(10-20-14)17(23)21-8-7-19-16(22)11-21/h1-6,10H,7-9,11H2,(H,19,22). The van der Waals surface area contributed by atoms with E-state index in [1.165, 1.54) is 17.2 Å². The van der Waals surface area contributed by atoms with Crippen LogP contribution in [0.3, 0.4) is 0 Å². The highest BCUT2D eigenvalue weighted by molar-refractivity contribution is 5.96. The summed E-state index contributed by atoms with van der Waals surface area (Å²) >= 11 is 0. The van der Waals surface area contributed by atoms with E-state index >= 15 is 0 Å². The van der Waals surface area contributed by atoms with Crippen molar-refractivity contribution in [1.29, 1.82) is 0 Å². The van der Waals surface area contributed by atoms with E-state index in [-0.39, 0.29) is 24.2 Å². The lowest BCUT2D eigenvalue weighted by Gasteiger charge is -2.26. The van der Waals surface area contributed by atoms with Gasteiger partial charge >= 0.3 is 0 Å².